The summed E-state index contributed by atoms with van der Waals surface area (Å²) in [6, 6.07) is 9.56. The van der Waals surface area contributed by atoms with Gasteiger partial charge in [-0.25, -0.2) is 14.8 Å². The van der Waals surface area contributed by atoms with E-state index in [2.05, 4.69) is 15.3 Å². The quantitative estimate of drug-likeness (QED) is 0.848. The lowest BCUT2D eigenvalue weighted by Crippen LogP contribution is -1.99. The smallest absolute Gasteiger partial charge is 0.335 e. The van der Waals surface area contributed by atoms with Crippen molar-refractivity contribution in [3.8, 4) is 6.07 Å². The van der Waals surface area contributed by atoms with E-state index in [0.717, 1.165) is 0 Å². The molecule has 1 aromatic carbocycles. The van der Waals surface area contributed by atoms with Crippen molar-refractivity contribution >= 4 is 17.6 Å². The zero-order chi connectivity index (χ0) is 13.0. The van der Waals surface area contributed by atoms with Crippen molar-refractivity contribution in [2.24, 2.45) is 0 Å². The molecule has 88 valence electrons. The first-order valence-corrected chi connectivity index (χ1v) is 5.02. The van der Waals surface area contributed by atoms with Crippen LogP contribution in [-0.4, -0.2) is 21.0 Å². The molecule has 0 aliphatic carbocycles. The van der Waals surface area contributed by atoms with Crippen LogP contribution >= 0.6 is 0 Å². The average Bonchev–Trinajstić information content (AvgIpc) is 2.39. The lowest BCUT2D eigenvalue weighted by Gasteiger charge is -2.04. The maximum atomic E-state index is 10.7. The number of nitrogens with one attached hydrogen (secondary N) is 1. The minimum atomic E-state index is -0.982. The second kappa shape index (κ2) is 4.93. The highest BCUT2D eigenvalue weighted by Crippen LogP contribution is 2.13. The zero-order valence-electron chi connectivity index (χ0n) is 9.16. The maximum absolute atomic E-state index is 10.7. The Kier molecular flexibility index (Phi) is 3.16. The topological polar surface area (TPSA) is 98.9 Å². The summed E-state index contributed by atoms with van der Waals surface area (Å²) in [7, 11) is 0. The van der Waals surface area contributed by atoms with E-state index in [9.17, 15) is 4.79 Å². The Bertz CT molecular complexity index is 617. The van der Waals surface area contributed by atoms with Crippen LogP contribution in [0.15, 0.2) is 36.5 Å². The van der Waals surface area contributed by atoms with E-state index < -0.39 is 5.97 Å². The number of benzene rings is 1. The van der Waals surface area contributed by atoms with Crippen LogP contribution in [0.3, 0.4) is 0 Å². The highest BCUT2D eigenvalue weighted by molar-refractivity contribution is 5.88. The molecule has 0 aliphatic rings. The lowest BCUT2D eigenvalue weighted by atomic mass is 10.2. The Balaban J connectivity index is 2.18. The molecule has 0 radical (unpaired) electrons. The Morgan fingerprint density at radius 3 is 2.61 bits per heavy atom. The third kappa shape index (κ3) is 2.59. The summed E-state index contributed by atoms with van der Waals surface area (Å²) >= 11 is 0. The molecule has 18 heavy (non-hydrogen) atoms. The van der Waals surface area contributed by atoms with Gasteiger partial charge in [-0.3, -0.25) is 0 Å². The van der Waals surface area contributed by atoms with E-state index in [0.29, 0.717) is 5.69 Å². The van der Waals surface area contributed by atoms with Gasteiger partial charge in [-0.15, -0.1) is 0 Å². The number of carboxylic acid groups (broad SMARTS) is 1. The number of nitrogens with zero attached hydrogens (tertiary/aromatic N) is 3. The highest BCUT2D eigenvalue weighted by atomic mass is 16.4. The summed E-state index contributed by atoms with van der Waals surface area (Å²) in [5.41, 5.74) is 1.11. The van der Waals surface area contributed by atoms with Crippen LogP contribution < -0.4 is 5.32 Å². The highest BCUT2D eigenvalue weighted by Gasteiger charge is 2.03. The van der Waals surface area contributed by atoms with E-state index in [4.69, 9.17) is 10.4 Å². The molecule has 0 saturated heterocycles. The Hall–Kier alpha value is -2.94. The standard InChI is InChI=1S/C12H8N4O2/c13-7-10-5-6-14-12(16-10)15-9-3-1-8(2-4-9)11(17)18/h1-6H,(H,17,18)(H,14,15,16). The summed E-state index contributed by atoms with van der Waals surface area (Å²) in [5.74, 6) is -0.693. The van der Waals surface area contributed by atoms with Crippen molar-refractivity contribution in [2.45, 2.75) is 0 Å². The fourth-order valence-corrected chi connectivity index (χ4v) is 1.31. The van der Waals surface area contributed by atoms with Gasteiger partial charge in [0.2, 0.25) is 5.95 Å². The van der Waals surface area contributed by atoms with Crippen LogP contribution in [0, 0.1) is 11.3 Å². The van der Waals surface area contributed by atoms with Crippen LogP contribution in [0.4, 0.5) is 11.6 Å². The number of hydrogen-bond donors (Lipinski definition) is 2. The van der Waals surface area contributed by atoms with Crippen molar-refractivity contribution in [3.05, 3.63) is 47.8 Å². The number of carboxylic acids is 1. The van der Waals surface area contributed by atoms with E-state index in [1.165, 1.54) is 24.4 Å². The number of nitriles is 1. The van der Waals surface area contributed by atoms with E-state index in [1.54, 1.807) is 12.1 Å². The van der Waals surface area contributed by atoms with Gasteiger partial charge in [-0.05, 0) is 30.3 Å². The number of aromatic carboxylic acids is 1. The summed E-state index contributed by atoms with van der Waals surface area (Å²) in [5, 5.41) is 20.3. The van der Waals surface area contributed by atoms with Gasteiger partial charge in [-0.2, -0.15) is 5.26 Å². The summed E-state index contributed by atoms with van der Waals surface area (Å²) in [6.07, 6.45) is 1.47. The lowest BCUT2D eigenvalue weighted by molar-refractivity contribution is 0.0697. The van der Waals surface area contributed by atoms with Crippen LogP contribution in [-0.2, 0) is 0 Å². The Labute approximate surface area is 103 Å². The van der Waals surface area contributed by atoms with Crippen molar-refractivity contribution < 1.29 is 9.90 Å². The molecule has 0 saturated carbocycles. The largest absolute Gasteiger partial charge is 0.478 e. The monoisotopic (exact) mass is 240 g/mol. The van der Waals surface area contributed by atoms with Crippen LogP contribution in [0.1, 0.15) is 16.1 Å². The fourth-order valence-electron chi connectivity index (χ4n) is 1.31. The summed E-state index contributed by atoms with van der Waals surface area (Å²) < 4.78 is 0. The predicted molar refractivity (Wildman–Crippen MR) is 63.4 cm³/mol. The molecule has 0 spiro atoms. The third-order valence-corrected chi connectivity index (χ3v) is 2.16. The Morgan fingerprint density at radius 1 is 1.28 bits per heavy atom. The molecule has 6 heteroatoms. The second-order valence-electron chi connectivity index (χ2n) is 3.38. The molecule has 1 heterocycles. The zero-order valence-corrected chi connectivity index (χ0v) is 9.16. The number of carbonyl (C=O) groups is 1. The van der Waals surface area contributed by atoms with Crippen molar-refractivity contribution in [1.29, 1.82) is 5.26 Å². The molecule has 0 fully saturated rings. The normalized spacial score (nSPS) is 9.50. The number of aromatic nitrogens is 2. The van der Waals surface area contributed by atoms with Crippen LogP contribution in [0.2, 0.25) is 0 Å². The van der Waals surface area contributed by atoms with E-state index in [1.807, 2.05) is 6.07 Å². The maximum Gasteiger partial charge on any atom is 0.335 e. The van der Waals surface area contributed by atoms with Crippen molar-refractivity contribution in [3.63, 3.8) is 0 Å². The molecule has 2 aromatic rings. The Morgan fingerprint density at radius 2 is 2.00 bits per heavy atom. The first-order valence-electron chi connectivity index (χ1n) is 5.02. The van der Waals surface area contributed by atoms with Gasteiger partial charge in [0.1, 0.15) is 11.8 Å². The van der Waals surface area contributed by atoms with Gasteiger partial charge in [0, 0.05) is 11.9 Å². The molecule has 0 atom stereocenters. The van der Waals surface area contributed by atoms with E-state index in [-0.39, 0.29) is 17.2 Å². The molecule has 0 aliphatic heterocycles. The van der Waals surface area contributed by atoms with Crippen molar-refractivity contribution in [2.75, 3.05) is 5.32 Å². The minimum absolute atomic E-state index is 0.201. The molecule has 2 N–H and O–H groups in total. The van der Waals surface area contributed by atoms with Gasteiger partial charge in [0.05, 0.1) is 5.56 Å². The van der Waals surface area contributed by atoms with Gasteiger partial charge in [0.15, 0.2) is 0 Å². The number of hydrogen-bond acceptors (Lipinski definition) is 5. The number of anilines is 2. The molecule has 2 rings (SSSR count). The molecule has 6 nitrogen and oxygen atoms in total. The van der Waals surface area contributed by atoms with E-state index >= 15 is 0 Å². The SMILES string of the molecule is N#Cc1ccnc(Nc2ccc(C(=O)O)cc2)n1. The molecule has 0 bridgehead atoms. The fraction of sp³-hybridized carbons (Fsp3) is 0. The molecular formula is C12H8N4O2. The molecule has 1 aromatic heterocycles. The molecule has 0 unspecified atom stereocenters. The number of rotatable bonds is 3. The van der Waals surface area contributed by atoms with Gasteiger partial charge in [0.25, 0.3) is 0 Å². The third-order valence-electron chi connectivity index (χ3n) is 2.16. The summed E-state index contributed by atoms with van der Waals surface area (Å²) in [6.45, 7) is 0. The molecular weight excluding hydrogens is 232 g/mol. The second-order valence-corrected chi connectivity index (χ2v) is 3.38. The van der Waals surface area contributed by atoms with Gasteiger partial charge in [-0.1, -0.05) is 0 Å². The van der Waals surface area contributed by atoms with Gasteiger partial charge >= 0.3 is 5.97 Å². The summed E-state index contributed by atoms with van der Waals surface area (Å²) in [4.78, 5) is 18.6. The minimum Gasteiger partial charge on any atom is -0.478 e. The van der Waals surface area contributed by atoms with Crippen molar-refractivity contribution in [1.82, 2.24) is 9.97 Å². The van der Waals surface area contributed by atoms with Crippen LogP contribution in [0.5, 0.6) is 0 Å². The first kappa shape index (κ1) is 11.5. The predicted octanol–water partition coefficient (Wildman–Crippen LogP) is 1.79. The first-order chi connectivity index (χ1) is 8.69. The van der Waals surface area contributed by atoms with Gasteiger partial charge < -0.3 is 10.4 Å². The van der Waals surface area contributed by atoms with Crippen LogP contribution in [0.25, 0.3) is 0 Å². The molecule has 0 amide bonds. The average molecular weight is 240 g/mol.